The van der Waals surface area contributed by atoms with E-state index in [0.717, 1.165) is 0 Å². The molecule has 212 valence electrons. The van der Waals surface area contributed by atoms with Crippen LogP contribution in [0.5, 0.6) is 0 Å². The van der Waals surface area contributed by atoms with Gasteiger partial charge in [-0.15, -0.1) is 0 Å². The molecular formula is C29H27N3O9. The number of fused-ring (bicyclic) bond motifs is 10. The lowest BCUT2D eigenvalue weighted by atomic mass is 9.95. The fourth-order valence-corrected chi connectivity index (χ4v) is 6.50. The first-order valence-electron chi connectivity index (χ1n) is 13.1. The molecule has 7 N–H and O–H groups in total. The number of H-pyrrole nitrogens is 1. The Labute approximate surface area is 231 Å². The zero-order valence-electron chi connectivity index (χ0n) is 21.8. The lowest BCUT2D eigenvalue weighted by Gasteiger charge is -2.42. The predicted molar refractivity (Wildman–Crippen MR) is 146 cm³/mol. The number of aromatic nitrogens is 2. The van der Waals surface area contributed by atoms with Gasteiger partial charge in [-0.1, -0.05) is 12.1 Å². The van der Waals surface area contributed by atoms with Crippen LogP contribution in [0.25, 0.3) is 43.6 Å². The molecule has 1 saturated heterocycles. The Morgan fingerprint density at radius 1 is 0.902 bits per heavy atom. The quantitative estimate of drug-likeness (QED) is 0.153. The molecule has 0 bridgehead atoms. The maximum absolute atomic E-state index is 13.4. The summed E-state index contributed by atoms with van der Waals surface area (Å²) in [6, 6.07) is 10.4. The first-order chi connectivity index (χ1) is 19.8. The largest absolute Gasteiger partial charge is 0.394 e. The molecule has 12 nitrogen and oxygen atoms in total. The number of carbonyl (C=O) groups excluding carboxylic acids is 2. The van der Waals surface area contributed by atoms with Crippen LogP contribution in [0, 0.1) is 0 Å². The average Bonchev–Trinajstić information content (AvgIpc) is 3.62. The van der Waals surface area contributed by atoms with Crippen LogP contribution < -0.4 is 5.32 Å². The summed E-state index contributed by atoms with van der Waals surface area (Å²) in [5.74, 6) is -1.17. The van der Waals surface area contributed by atoms with Crippen molar-refractivity contribution in [2.75, 3.05) is 13.7 Å². The summed E-state index contributed by atoms with van der Waals surface area (Å²) in [6.07, 6.45) is -6.17. The van der Waals surface area contributed by atoms with Gasteiger partial charge in [-0.2, -0.15) is 0 Å². The van der Waals surface area contributed by atoms with Gasteiger partial charge >= 0.3 is 0 Å². The van der Waals surface area contributed by atoms with Gasteiger partial charge in [0.15, 0.2) is 6.23 Å². The van der Waals surface area contributed by atoms with Crippen molar-refractivity contribution in [3.63, 3.8) is 0 Å². The van der Waals surface area contributed by atoms with E-state index in [1.165, 1.54) is 7.11 Å². The van der Waals surface area contributed by atoms with Crippen LogP contribution in [0.4, 0.5) is 0 Å². The van der Waals surface area contributed by atoms with Crippen LogP contribution in [0.3, 0.4) is 0 Å². The zero-order chi connectivity index (χ0) is 28.7. The number of aliphatic hydroxyl groups excluding tert-OH is 5. The monoisotopic (exact) mass is 561 g/mol. The number of nitrogens with zero attached hydrogens (tertiary/aromatic N) is 1. The summed E-state index contributed by atoms with van der Waals surface area (Å²) >= 11 is 0. The van der Waals surface area contributed by atoms with Gasteiger partial charge in [-0.3, -0.25) is 14.9 Å². The molecule has 2 aromatic heterocycles. The number of aromatic amines is 1. The number of ether oxygens (including phenoxy) is 2. The molecule has 3 aromatic carbocycles. The van der Waals surface area contributed by atoms with E-state index < -0.39 is 49.1 Å². The Kier molecular flexibility index (Phi) is 5.92. The smallest absolute Gasteiger partial charge is 0.259 e. The van der Waals surface area contributed by atoms with Gasteiger partial charge in [0, 0.05) is 34.2 Å². The van der Waals surface area contributed by atoms with Gasteiger partial charge in [0.1, 0.15) is 24.4 Å². The number of rotatable bonds is 5. The van der Waals surface area contributed by atoms with Crippen LogP contribution >= 0.6 is 0 Å². The Morgan fingerprint density at radius 3 is 2.22 bits per heavy atom. The van der Waals surface area contributed by atoms with Crippen LogP contribution in [-0.4, -0.2) is 85.0 Å². The Hall–Kier alpha value is -3.88. The summed E-state index contributed by atoms with van der Waals surface area (Å²) in [6.45, 7) is -1.01. The van der Waals surface area contributed by atoms with E-state index in [4.69, 9.17) is 9.47 Å². The van der Waals surface area contributed by atoms with Crippen molar-refractivity contribution < 1.29 is 44.6 Å². The van der Waals surface area contributed by atoms with Crippen molar-refractivity contribution in [2.45, 2.75) is 43.9 Å². The maximum Gasteiger partial charge on any atom is 0.259 e. The summed E-state index contributed by atoms with van der Waals surface area (Å²) < 4.78 is 13.1. The minimum atomic E-state index is -1.51. The van der Waals surface area contributed by atoms with E-state index >= 15 is 0 Å². The third kappa shape index (κ3) is 3.47. The molecule has 2 aliphatic rings. The highest BCUT2D eigenvalue weighted by atomic mass is 16.6. The zero-order valence-corrected chi connectivity index (χ0v) is 21.8. The Morgan fingerprint density at radius 2 is 1.56 bits per heavy atom. The lowest BCUT2D eigenvalue weighted by Crippen LogP contribution is -2.57. The molecule has 0 spiro atoms. The molecule has 0 aliphatic carbocycles. The van der Waals surface area contributed by atoms with Gasteiger partial charge in [-0.25, -0.2) is 0 Å². The number of amides is 2. The highest BCUT2D eigenvalue weighted by Crippen LogP contribution is 2.46. The topological polar surface area (TPSA) is 186 Å². The molecule has 0 radical (unpaired) electrons. The van der Waals surface area contributed by atoms with Crippen molar-refractivity contribution in [3.05, 3.63) is 58.7 Å². The van der Waals surface area contributed by atoms with Crippen LogP contribution in [0.2, 0.25) is 0 Å². The number of methoxy groups -OCH3 is 1. The summed E-state index contributed by atoms with van der Waals surface area (Å²) in [7, 11) is 1.34. The highest BCUT2D eigenvalue weighted by molar-refractivity contribution is 6.39. The van der Waals surface area contributed by atoms with Crippen molar-refractivity contribution >= 4 is 55.4 Å². The second-order valence-corrected chi connectivity index (χ2v) is 10.5. The molecule has 5 atom stereocenters. The second-order valence-electron chi connectivity index (χ2n) is 10.5. The second kappa shape index (κ2) is 9.33. The van der Waals surface area contributed by atoms with E-state index in [1.807, 2.05) is 0 Å². The van der Waals surface area contributed by atoms with E-state index in [1.54, 1.807) is 41.0 Å². The van der Waals surface area contributed by atoms with E-state index in [9.17, 15) is 35.1 Å². The number of hydrogen-bond acceptors (Lipinski definition) is 9. The Balaban J connectivity index is 1.68. The molecule has 7 rings (SSSR count). The van der Waals surface area contributed by atoms with Crippen LogP contribution in [0.1, 0.15) is 38.1 Å². The molecule has 2 aliphatic heterocycles. The number of imide groups is 1. The van der Waals surface area contributed by atoms with Gasteiger partial charge in [0.25, 0.3) is 11.8 Å². The van der Waals surface area contributed by atoms with Crippen LogP contribution in [0.15, 0.2) is 36.4 Å². The maximum atomic E-state index is 13.4. The first kappa shape index (κ1) is 26.0. The molecule has 0 saturated carbocycles. The standard InChI is InChI=1S/C29H27N3O9/c1-40-26-17(10-35)41-29(25(37)24(26)36)32-16-5-3-12(9-34)7-14(16)19-21-20(27(38)31-28(21)39)18-13-6-11(8-33)2-4-15(13)30-22(18)23(19)32/h2-7,17,24-26,29-30,33-37H,8-10H2,1H3,(H,31,38,39)/t17-,24-,25-,26-,29-/m1/s1. The minimum absolute atomic E-state index is 0.131. The van der Waals surface area contributed by atoms with Gasteiger partial charge in [0.05, 0.1) is 47.5 Å². The molecule has 41 heavy (non-hydrogen) atoms. The van der Waals surface area contributed by atoms with Crippen LogP contribution in [-0.2, 0) is 22.7 Å². The number of hydrogen-bond donors (Lipinski definition) is 7. The van der Waals surface area contributed by atoms with Gasteiger partial charge in [-0.05, 0) is 35.4 Å². The fraction of sp³-hybridized carbons (Fsp3) is 0.310. The highest BCUT2D eigenvalue weighted by Gasteiger charge is 2.47. The number of aliphatic hydroxyl groups is 5. The molecular weight excluding hydrogens is 534 g/mol. The minimum Gasteiger partial charge on any atom is -0.394 e. The normalized spacial score (nSPS) is 24.7. The lowest BCUT2D eigenvalue weighted by molar-refractivity contribution is -0.255. The van der Waals surface area contributed by atoms with Crippen molar-refractivity contribution in [2.24, 2.45) is 0 Å². The van der Waals surface area contributed by atoms with Crippen molar-refractivity contribution in [3.8, 4) is 0 Å². The third-order valence-electron chi connectivity index (χ3n) is 8.33. The number of benzene rings is 3. The SMILES string of the molecule is CO[C@H]1[C@H](O)[C@@H](O)[C@H](n2c3ccc(CO)cc3c3c4c(c5c6cc(CO)ccc6[nH]c5c32)C(=O)NC4=O)O[C@@H]1CO. The molecule has 12 heteroatoms. The van der Waals surface area contributed by atoms with E-state index in [2.05, 4.69) is 10.3 Å². The van der Waals surface area contributed by atoms with Gasteiger partial charge < -0.3 is 44.6 Å². The molecule has 2 amide bonds. The number of nitrogens with one attached hydrogen (secondary N) is 2. The third-order valence-corrected chi connectivity index (χ3v) is 8.33. The Bertz CT molecular complexity index is 1910. The molecule has 1 fully saturated rings. The fourth-order valence-electron chi connectivity index (χ4n) is 6.50. The van der Waals surface area contributed by atoms with E-state index in [-0.39, 0.29) is 24.3 Å². The number of carbonyl (C=O) groups is 2. The average molecular weight is 562 g/mol. The predicted octanol–water partition coefficient (Wildman–Crippen LogP) is 0.924. The van der Waals surface area contributed by atoms with Gasteiger partial charge in [0.2, 0.25) is 0 Å². The van der Waals surface area contributed by atoms with E-state index in [0.29, 0.717) is 54.7 Å². The molecule has 0 unspecified atom stereocenters. The van der Waals surface area contributed by atoms with Crippen molar-refractivity contribution in [1.29, 1.82) is 0 Å². The molecule has 5 aromatic rings. The first-order valence-corrected chi connectivity index (χ1v) is 13.1. The summed E-state index contributed by atoms with van der Waals surface area (Å²) in [4.78, 5) is 30.0. The summed E-state index contributed by atoms with van der Waals surface area (Å²) in [5.41, 5.74) is 3.49. The molecule has 4 heterocycles. The summed E-state index contributed by atoms with van der Waals surface area (Å²) in [5, 5.41) is 56.5. The van der Waals surface area contributed by atoms with Crippen molar-refractivity contribution in [1.82, 2.24) is 14.9 Å².